The molecule has 0 fully saturated rings. The van der Waals surface area contributed by atoms with Crippen molar-refractivity contribution in [3.63, 3.8) is 0 Å². The van der Waals surface area contributed by atoms with Crippen LogP contribution in [0.15, 0.2) is 53.7 Å². The number of aromatic amines is 1. The Morgan fingerprint density at radius 3 is 2.83 bits per heavy atom. The van der Waals surface area contributed by atoms with E-state index in [0.29, 0.717) is 12.5 Å². The first-order valence-electron chi connectivity index (χ1n) is 10.5. The van der Waals surface area contributed by atoms with Crippen LogP contribution in [0.3, 0.4) is 0 Å². The first kappa shape index (κ1) is 20.0. The van der Waals surface area contributed by atoms with E-state index >= 15 is 0 Å². The van der Waals surface area contributed by atoms with E-state index in [0.717, 1.165) is 25.9 Å². The summed E-state index contributed by atoms with van der Waals surface area (Å²) < 4.78 is 0. The molecule has 2 heterocycles. The summed E-state index contributed by atoms with van der Waals surface area (Å²) in [6.45, 7) is 4.54. The molecule has 0 saturated heterocycles. The monoisotopic (exact) mass is 403 g/mol. The normalized spacial score (nSPS) is 13.9. The maximum atomic E-state index is 12.6. The number of guanidine groups is 1. The van der Waals surface area contributed by atoms with Crippen molar-refractivity contribution in [2.24, 2.45) is 4.99 Å². The molecule has 1 amide bonds. The lowest BCUT2D eigenvalue weighted by Gasteiger charge is -2.29. The standard InChI is InChI=1S/C24H29N5O/c1-17-7-8-21-19(14-27-22(21)13-17)9-11-26-24(25-2)28-15-23(30)29-12-10-18-5-3-4-6-20(18)16-29/h3-8,13-14,27H,9-12,15-16H2,1-2H3,(H2,25,26,28). The summed E-state index contributed by atoms with van der Waals surface area (Å²) in [4.78, 5) is 22.1. The predicted octanol–water partition coefficient (Wildman–Crippen LogP) is 2.77. The molecular weight excluding hydrogens is 374 g/mol. The van der Waals surface area contributed by atoms with Gasteiger partial charge in [0.15, 0.2) is 5.96 Å². The lowest BCUT2D eigenvalue weighted by Crippen LogP contribution is -2.46. The zero-order chi connectivity index (χ0) is 20.9. The number of carbonyl (C=O) groups is 1. The molecule has 6 nitrogen and oxygen atoms in total. The van der Waals surface area contributed by atoms with Crippen molar-refractivity contribution in [2.75, 3.05) is 26.7 Å². The molecule has 2 aromatic carbocycles. The number of nitrogens with zero attached hydrogens (tertiary/aromatic N) is 2. The highest BCUT2D eigenvalue weighted by Gasteiger charge is 2.20. The number of aryl methyl sites for hydroxylation is 1. The van der Waals surface area contributed by atoms with Crippen molar-refractivity contribution < 1.29 is 4.79 Å². The molecule has 0 radical (unpaired) electrons. The van der Waals surface area contributed by atoms with Gasteiger partial charge in [0.1, 0.15) is 0 Å². The van der Waals surface area contributed by atoms with Crippen LogP contribution in [0, 0.1) is 6.92 Å². The minimum absolute atomic E-state index is 0.0967. The maximum Gasteiger partial charge on any atom is 0.242 e. The fourth-order valence-corrected chi connectivity index (χ4v) is 4.02. The lowest BCUT2D eigenvalue weighted by atomic mass is 10.00. The minimum Gasteiger partial charge on any atom is -0.361 e. The van der Waals surface area contributed by atoms with Gasteiger partial charge in [0.2, 0.25) is 5.91 Å². The molecule has 3 N–H and O–H groups in total. The minimum atomic E-state index is 0.0967. The first-order valence-corrected chi connectivity index (χ1v) is 10.5. The van der Waals surface area contributed by atoms with Gasteiger partial charge < -0.3 is 20.5 Å². The van der Waals surface area contributed by atoms with Crippen LogP contribution in [-0.2, 0) is 24.2 Å². The molecule has 6 heteroatoms. The molecule has 0 spiro atoms. The van der Waals surface area contributed by atoms with Gasteiger partial charge in [0, 0.05) is 43.8 Å². The van der Waals surface area contributed by atoms with Crippen LogP contribution >= 0.6 is 0 Å². The Bertz CT molecular complexity index is 1070. The van der Waals surface area contributed by atoms with Crippen LogP contribution in [0.2, 0.25) is 0 Å². The fraction of sp³-hybridized carbons (Fsp3) is 0.333. The summed E-state index contributed by atoms with van der Waals surface area (Å²) in [6, 6.07) is 14.8. The first-order chi connectivity index (χ1) is 14.6. The average molecular weight is 404 g/mol. The van der Waals surface area contributed by atoms with Crippen molar-refractivity contribution in [1.82, 2.24) is 20.5 Å². The van der Waals surface area contributed by atoms with Crippen LogP contribution in [0.25, 0.3) is 10.9 Å². The van der Waals surface area contributed by atoms with Crippen LogP contribution in [0.1, 0.15) is 22.3 Å². The Labute approximate surface area is 177 Å². The smallest absolute Gasteiger partial charge is 0.242 e. The second kappa shape index (κ2) is 9.03. The molecule has 0 aliphatic carbocycles. The topological polar surface area (TPSA) is 72.5 Å². The third-order valence-electron chi connectivity index (χ3n) is 5.72. The number of benzene rings is 2. The molecule has 1 aromatic heterocycles. The highest BCUT2D eigenvalue weighted by Crippen LogP contribution is 2.20. The number of fused-ring (bicyclic) bond motifs is 2. The molecule has 0 unspecified atom stereocenters. The van der Waals surface area contributed by atoms with E-state index in [9.17, 15) is 4.79 Å². The summed E-state index contributed by atoms with van der Waals surface area (Å²) in [5, 5.41) is 7.72. The molecule has 156 valence electrons. The van der Waals surface area contributed by atoms with E-state index in [1.807, 2.05) is 11.0 Å². The quantitative estimate of drug-likeness (QED) is 0.453. The number of rotatable bonds is 5. The van der Waals surface area contributed by atoms with Crippen molar-refractivity contribution in [3.05, 3.63) is 70.9 Å². The molecule has 1 aliphatic rings. The summed E-state index contributed by atoms with van der Waals surface area (Å²) in [7, 11) is 1.73. The van der Waals surface area contributed by atoms with E-state index in [4.69, 9.17) is 0 Å². The molecule has 0 atom stereocenters. The number of carbonyl (C=O) groups excluding carboxylic acids is 1. The number of H-pyrrole nitrogens is 1. The number of hydrogen-bond donors (Lipinski definition) is 3. The van der Waals surface area contributed by atoms with Crippen molar-refractivity contribution in [3.8, 4) is 0 Å². The molecule has 1 aliphatic heterocycles. The number of hydrogen-bond acceptors (Lipinski definition) is 2. The SMILES string of the molecule is CN=C(NCCc1c[nH]c2cc(C)ccc12)NCC(=O)N1CCc2ccccc2C1. The Morgan fingerprint density at radius 2 is 2.00 bits per heavy atom. The number of amides is 1. The number of aromatic nitrogens is 1. The Hall–Kier alpha value is -3.28. The van der Waals surface area contributed by atoms with Crippen molar-refractivity contribution in [1.29, 1.82) is 0 Å². The lowest BCUT2D eigenvalue weighted by molar-refractivity contribution is -0.130. The summed E-state index contributed by atoms with van der Waals surface area (Å²) in [5.41, 5.74) is 6.28. The van der Waals surface area contributed by atoms with Gasteiger partial charge in [0.25, 0.3) is 0 Å². The molecule has 0 saturated carbocycles. The number of aliphatic imine (C=N–C) groups is 1. The highest BCUT2D eigenvalue weighted by atomic mass is 16.2. The van der Waals surface area contributed by atoms with Gasteiger partial charge >= 0.3 is 0 Å². The van der Waals surface area contributed by atoms with E-state index in [1.54, 1.807) is 7.05 Å². The Kier molecular flexibility index (Phi) is 6.02. The third kappa shape index (κ3) is 4.48. The van der Waals surface area contributed by atoms with Gasteiger partial charge in [-0.05, 0) is 48.1 Å². The zero-order valence-corrected chi connectivity index (χ0v) is 17.7. The van der Waals surface area contributed by atoms with E-state index in [-0.39, 0.29) is 12.5 Å². The van der Waals surface area contributed by atoms with Gasteiger partial charge in [-0.15, -0.1) is 0 Å². The van der Waals surface area contributed by atoms with Gasteiger partial charge in [-0.3, -0.25) is 9.79 Å². The van der Waals surface area contributed by atoms with Crippen molar-refractivity contribution >= 4 is 22.8 Å². The zero-order valence-electron chi connectivity index (χ0n) is 17.7. The second-order valence-electron chi connectivity index (χ2n) is 7.80. The van der Waals surface area contributed by atoms with Gasteiger partial charge in [0.05, 0.1) is 6.54 Å². The number of nitrogens with one attached hydrogen (secondary N) is 3. The molecule has 30 heavy (non-hydrogen) atoms. The predicted molar refractivity (Wildman–Crippen MR) is 122 cm³/mol. The van der Waals surface area contributed by atoms with Gasteiger partial charge in [-0.1, -0.05) is 36.4 Å². The van der Waals surface area contributed by atoms with Gasteiger partial charge in [-0.2, -0.15) is 0 Å². The molecule has 4 rings (SSSR count). The highest BCUT2D eigenvalue weighted by molar-refractivity contribution is 5.87. The van der Waals surface area contributed by atoms with Crippen LogP contribution in [0.4, 0.5) is 0 Å². The maximum absolute atomic E-state index is 12.6. The Morgan fingerprint density at radius 1 is 1.17 bits per heavy atom. The fourth-order valence-electron chi connectivity index (χ4n) is 4.02. The molecule has 0 bridgehead atoms. The summed E-state index contributed by atoms with van der Waals surface area (Å²) in [5.74, 6) is 0.746. The third-order valence-corrected chi connectivity index (χ3v) is 5.72. The second-order valence-corrected chi connectivity index (χ2v) is 7.80. The molecule has 3 aromatic rings. The van der Waals surface area contributed by atoms with Crippen LogP contribution in [-0.4, -0.2) is 48.4 Å². The largest absolute Gasteiger partial charge is 0.361 e. The van der Waals surface area contributed by atoms with Crippen LogP contribution < -0.4 is 10.6 Å². The van der Waals surface area contributed by atoms with Crippen molar-refractivity contribution in [2.45, 2.75) is 26.3 Å². The average Bonchev–Trinajstić information content (AvgIpc) is 3.17. The summed E-state index contributed by atoms with van der Waals surface area (Å²) >= 11 is 0. The van der Waals surface area contributed by atoms with E-state index in [1.165, 1.54) is 33.2 Å². The Balaban J connectivity index is 1.25. The van der Waals surface area contributed by atoms with E-state index in [2.05, 4.69) is 70.1 Å². The van der Waals surface area contributed by atoms with Crippen LogP contribution in [0.5, 0.6) is 0 Å². The summed E-state index contributed by atoms with van der Waals surface area (Å²) in [6.07, 6.45) is 3.86. The molecular formula is C24H29N5O. The van der Waals surface area contributed by atoms with Gasteiger partial charge in [-0.25, -0.2) is 0 Å². The van der Waals surface area contributed by atoms with E-state index < -0.39 is 0 Å².